The highest BCUT2D eigenvalue weighted by atomic mass is 16.6. The SMILES string of the molecule is COc1ccc2c(O[C@@H]3C[C@H]4C(=O)N[C@]5(C(=O)O)CC5C=CCCCCOC(=O)N4C3)cc(-c3ccccc3)nc2c1. The Hall–Kier alpha value is -4.60. The molecule has 3 heterocycles. The van der Waals surface area contributed by atoms with Gasteiger partial charge in [-0.15, -0.1) is 0 Å². The number of allylic oxidation sites excluding steroid dienone is 1. The predicted octanol–water partition coefficient (Wildman–Crippen LogP) is 4.57. The maximum atomic E-state index is 13.6. The van der Waals surface area contributed by atoms with Gasteiger partial charge in [-0.25, -0.2) is 14.6 Å². The van der Waals surface area contributed by atoms with Gasteiger partial charge in [-0.2, -0.15) is 0 Å². The fourth-order valence-corrected chi connectivity index (χ4v) is 5.80. The molecule has 0 spiro atoms. The lowest BCUT2D eigenvalue weighted by molar-refractivity contribution is -0.144. The van der Waals surface area contributed by atoms with Crippen LogP contribution in [0, 0.1) is 5.92 Å². The highest BCUT2D eigenvalue weighted by molar-refractivity contribution is 5.94. The van der Waals surface area contributed by atoms with Crippen LogP contribution in [0.4, 0.5) is 4.79 Å². The molecular weight excluding hydrogens is 538 g/mol. The summed E-state index contributed by atoms with van der Waals surface area (Å²) < 4.78 is 17.4. The molecule has 1 unspecified atom stereocenters. The van der Waals surface area contributed by atoms with Gasteiger partial charge in [-0.1, -0.05) is 42.5 Å². The Kier molecular flexibility index (Phi) is 7.45. The molecular formula is C32H33N3O7. The van der Waals surface area contributed by atoms with Gasteiger partial charge < -0.3 is 24.6 Å². The zero-order chi connectivity index (χ0) is 29.3. The number of ether oxygens (including phenoxy) is 3. The van der Waals surface area contributed by atoms with Crippen molar-refractivity contribution >= 4 is 28.9 Å². The van der Waals surface area contributed by atoms with E-state index in [1.165, 1.54) is 4.90 Å². The first kappa shape index (κ1) is 27.6. The van der Waals surface area contributed by atoms with Crippen LogP contribution in [-0.4, -0.2) is 70.9 Å². The summed E-state index contributed by atoms with van der Waals surface area (Å²) in [5.41, 5.74) is 0.926. The Balaban J connectivity index is 1.31. The summed E-state index contributed by atoms with van der Waals surface area (Å²) in [7, 11) is 1.59. The lowest BCUT2D eigenvalue weighted by Gasteiger charge is -2.25. The number of carbonyl (C=O) groups is 3. The number of aliphatic carboxylic acids is 1. The average molecular weight is 572 g/mol. The lowest BCUT2D eigenvalue weighted by Crippen LogP contribution is -2.53. The Labute approximate surface area is 243 Å². The second-order valence-electron chi connectivity index (χ2n) is 11.0. The lowest BCUT2D eigenvalue weighted by atomic mass is 10.1. The van der Waals surface area contributed by atoms with Gasteiger partial charge in [0.05, 0.1) is 31.5 Å². The maximum Gasteiger partial charge on any atom is 0.410 e. The fourth-order valence-electron chi connectivity index (χ4n) is 5.80. The van der Waals surface area contributed by atoms with E-state index >= 15 is 0 Å². The number of aromatic nitrogens is 1. The van der Waals surface area contributed by atoms with E-state index in [2.05, 4.69) is 5.32 Å². The quantitative estimate of drug-likeness (QED) is 0.427. The van der Waals surface area contributed by atoms with Crippen molar-refractivity contribution in [1.29, 1.82) is 0 Å². The van der Waals surface area contributed by atoms with E-state index in [1.54, 1.807) is 7.11 Å². The minimum atomic E-state index is -1.36. The molecule has 1 saturated carbocycles. The van der Waals surface area contributed by atoms with Crippen LogP contribution in [0.25, 0.3) is 22.2 Å². The van der Waals surface area contributed by atoms with Crippen molar-refractivity contribution in [3.05, 3.63) is 66.7 Å². The Morgan fingerprint density at radius 3 is 2.76 bits per heavy atom. The van der Waals surface area contributed by atoms with Crippen LogP contribution in [0.5, 0.6) is 11.5 Å². The van der Waals surface area contributed by atoms with E-state index in [0.717, 1.165) is 23.8 Å². The van der Waals surface area contributed by atoms with Gasteiger partial charge in [0.2, 0.25) is 5.91 Å². The summed E-state index contributed by atoms with van der Waals surface area (Å²) in [5, 5.41) is 13.5. The second-order valence-corrected chi connectivity index (χ2v) is 11.0. The van der Waals surface area contributed by atoms with E-state index in [-0.39, 0.29) is 25.5 Å². The monoisotopic (exact) mass is 571 g/mol. The molecule has 6 rings (SSSR count). The van der Waals surface area contributed by atoms with Gasteiger partial charge >= 0.3 is 12.1 Å². The standard InChI is InChI=1S/C32H33N3O7/c1-40-22-12-13-24-26(15-22)33-25(20-9-5-4-6-10-20)17-28(24)42-23-16-27-29(36)34-32(30(37)38)18-21(32)11-7-2-3-8-14-41-31(39)35(27)19-23/h4-7,9-13,15,17,21,23,27H,2-3,8,14,16,18-19H2,1H3,(H,34,36)(H,37,38)/t21?,23-,27+,32-/m1/s1. The van der Waals surface area contributed by atoms with Crippen LogP contribution in [0.2, 0.25) is 0 Å². The van der Waals surface area contributed by atoms with Crippen molar-refractivity contribution in [2.45, 2.75) is 49.8 Å². The zero-order valence-electron chi connectivity index (χ0n) is 23.3. The molecule has 218 valence electrons. The molecule has 1 aliphatic carbocycles. The molecule has 2 amide bonds. The van der Waals surface area contributed by atoms with Crippen molar-refractivity contribution in [2.75, 3.05) is 20.3 Å². The summed E-state index contributed by atoms with van der Waals surface area (Å²) in [5.74, 6) is -0.678. The number of nitrogens with one attached hydrogen (secondary N) is 1. The Morgan fingerprint density at radius 2 is 1.98 bits per heavy atom. The molecule has 0 radical (unpaired) electrons. The smallest absolute Gasteiger partial charge is 0.410 e. The Morgan fingerprint density at radius 1 is 1.14 bits per heavy atom. The minimum Gasteiger partial charge on any atom is -0.497 e. The summed E-state index contributed by atoms with van der Waals surface area (Å²) in [6.45, 7) is 0.351. The topological polar surface area (TPSA) is 127 Å². The third-order valence-corrected chi connectivity index (χ3v) is 8.24. The number of methoxy groups -OCH3 is 1. The third-order valence-electron chi connectivity index (χ3n) is 8.24. The number of pyridine rings is 1. The van der Waals surface area contributed by atoms with E-state index in [4.69, 9.17) is 19.2 Å². The molecule has 1 aromatic heterocycles. The molecule has 4 atom stereocenters. The molecule has 2 aliphatic heterocycles. The summed E-state index contributed by atoms with van der Waals surface area (Å²) in [6.07, 6.45) is 5.38. The number of benzene rings is 2. The normalized spacial score (nSPS) is 25.9. The summed E-state index contributed by atoms with van der Waals surface area (Å²) >= 11 is 0. The first-order valence-electron chi connectivity index (χ1n) is 14.2. The maximum absolute atomic E-state index is 13.6. The number of nitrogens with zero attached hydrogens (tertiary/aromatic N) is 2. The summed E-state index contributed by atoms with van der Waals surface area (Å²) in [4.78, 5) is 45.1. The van der Waals surface area contributed by atoms with Gasteiger partial charge in [0.25, 0.3) is 0 Å². The predicted molar refractivity (Wildman–Crippen MR) is 154 cm³/mol. The van der Waals surface area contributed by atoms with Gasteiger partial charge in [-0.3, -0.25) is 9.69 Å². The number of carboxylic acid groups (broad SMARTS) is 1. The minimum absolute atomic E-state index is 0.112. The number of fused-ring (bicyclic) bond motifs is 3. The molecule has 2 aromatic carbocycles. The molecule has 10 nitrogen and oxygen atoms in total. The fraction of sp³-hybridized carbons (Fsp3) is 0.375. The number of hydrogen-bond donors (Lipinski definition) is 2. The van der Waals surface area contributed by atoms with Gasteiger partial charge in [0.15, 0.2) is 0 Å². The number of carboxylic acids is 1. The molecule has 1 saturated heterocycles. The number of cyclic esters (lactones) is 1. The molecule has 2 fully saturated rings. The van der Waals surface area contributed by atoms with Crippen molar-refractivity contribution in [1.82, 2.24) is 15.2 Å². The highest BCUT2D eigenvalue weighted by Gasteiger charge is 2.61. The third kappa shape index (κ3) is 5.36. The van der Waals surface area contributed by atoms with E-state index in [9.17, 15) is 19.5 Å². The van der Waals surface area contributed by atoms with Crippen LogP contribution in [-0.2, 0) is 14.3 Å². The molecule has 3 aromatic rings. The van der Waals surface area contributed by atoms with Crippen molar-refractivity contribution in [2.24, 2.45) is 5.92 Å². The first-order valence-corrected chi connectivity index (χ1v) is 14.2. The van der Waals surface area contributed by atoms with Crippen LogP contribution < -0.4 is 14.8 Å². The summed E-state index contributed by atoms with van der Waals surface area (Å²) in [6, 6.07) is 16.2. The van der Waals surface area contributed by atoms with Crippen molar-refractivity contribution in [3.8, 4) is 22.8 Å². The molecule has 0 bridgehead atoms. The second kappa shape index (κ2) is 11.3. The van der Waals surface area contributed by atoms with E-state index < -0.39 is 35.7 Å². The first-order chi connectivity index (χ1) is 20.4. The largest absolute Gasteiger partial charge is 0.497 e. The molecule has 10 heteroatoms. The van der Waals surface area contributed by atoms with Crippen LogP contribution >= 0.6 is 0 Å². The van der Waals surface area contributed by atoms with E-state index in [0.29, 0.717) is 35.6 Å². The molecule has 2 N–H and O–H groups in total. The molecule has 42 heavy (non-hydrogen) atoms. The number of amides is 2. The van der Waals surface area contributed by atoms with Gasteiger partial charge in [0, 0.05) is 35.4 Å². The van der Waals surface area contributed by atoms with Crippen LogP contribution in [0.1, 0.15) is 32.1 Å². The van der Waals surface area contributed by atoms with Crippen molar-refractivity contribution in [3.63, 3.8) is 0 Å². The van der Waals surface area contributed by atoms with Crippen LogP contribution in [0.3, 0.4) is 0 Å². The average Bonchev–Trinajstić information content (AvgIpc) is 3.53. The Bertz CT molecular complexity index is 1540. The molecule has 3 aliphatic rings. The zero-order valence-corrected chi connectivity index (χ0v) is 23.3. The number of rotatable bonds is 5. The van der Waals surface area contributed by atoms with E-state index in [1.807, 2.05) is 66.7 Å². The van der Waals surface area contributed by atoms with Gasteiger partial charge in [-0.05, 0) is 37.8 Å². The van der Waals surface area contributed by atoms with Crippen LogP contribution in [0.15, 0.2) is 66.7 Å². The number of carbonyl (C=O) groups excluding carboxylic acids is 2. The number of hydrogen-bond acceptors (Lipinski definition) is 7. The van der Waals surface area contributed by atoms with Gasteiger partial charge in [0.1, 0.15) is 29.2 Å². The highest BCUT2D eigenvalue weighted by Crippen LogP contribution is 2.45. The van der Waals surface area contributed by atoms with Crippen molar-refractivity contribution < 1.29 is 33.7 Å².